The monoisotopic (exact) mass is 467 g/mol. The van der Waals surface area contributed by atoms with Crippen molar-refractivity contribution >= 4 is 23.4 Å². The summed E-state index contributed by atoms with van der Waals surface area (Å²) in [4.78, 5) is 23.8. The van der Waals surface area contributed by atoms with E-state index in [1.54, 1.807) is 0 Å². The number of ether oxygens (including phenoxy) is 1. The molecule has 0 aliphatic carbocycles. The minimum atomic E-state index is -0.0298. The Hall–Kier alpha value is -2.84. The van der Waals surface area contributed by atoms with Gasteiger partial charge in [0.15, 0.2) is 0 Å². The van der Waals surface area contributed by atoms with Crippen molar-refractivity contribution in [2.45, 2.75) is 26.7 Å². The van der Waals surface area contributed by atoms with Crippen LogP contribution in [-0.4, -0.2) is 80.6 Å². The van der Waals surface area contributed by atoms with Crippen LogP contribution in [0.25, 0.3) is 11.1 Å². The summed E-state index contributed by atoms with van der Waals surface area (Å²) in [5.41, 5.74) is 4.01. The number of likely N-dealkylation sites (N-methyl/N-ethyl adjacent to an activating group) is 1. The molecule has 2 aliphatic rings. The van der Waals surface area contributed by atoms with Gasteiger partial charge in [-0.05, 0) is 60.2 Å². The summed E-state index contributed by atoms with van der Waals surface area (Å²) in [6, 6.07) is 10.2. The Kier molecular flexibility index (Phi) is 7.90. The molecular formula is C26H37N5O3. The molecule has 3 heterocycles. The first-order valence-corrected chi connectivity index (χ1v) is 12.3. The number of anilines is 3. The molecule has 0 radical (unpaired) electrons. The predicted molar refractivity (Wildman–Crippen MR) is 137 cm³/mol. The number of morpholine rings is 1. The van der Waals surface area contributed by atoms with Crippen molar-refractivity contribution in [2.75, 3.05) is 74.7 Å². The molecule has 2 fully saturated rings. The number of likely N-dealkylation sites (tertiary alicyclic amines) is 1. The second-order valence-corrected chi connectivity index (χ2v) is 9.29. The Bertz CT molecular complexity index is 992. The van der Waals surface area contributed by atoms with Crippen molar-refractivity contribution in [3.05, 3.63) is 35.9 Å². The van der Waals surface area contributed by atoms with E-state index in [9.17, 15) is 9.90 Å². The van der Waals surface area contributed by atoms with Crippen LogP contribution in [0.3, 0.4) is 0 Å². The number of hydrogen-bond acceptors (Lipinski definition) is 6. The maximum Gasteiger partial charge on any atom is 0.321 e. The number of aliphatic hydroxyl groups excluding tert-OH is 1. The number of rotatable bonds is 7. The Morgan fingerprint density at radius 1 is 1.24 bits per heavy atom. The fourth-order valence-electron chi connectivity index (χ4n) is 4.64. The molecule has 2 amide bonds. The zero-order chi connectivity index (χ0) is 24.1. The minimum Gasteiger partial charge on any atom is -0.395 e. The molecule has 1 aromatic heterocycles. The van der Waals surface area contributed by atoms with Crippen LogP contribution in [0.2, 0.25) is 0 Å². The first-order chi connectivity index (χ1) is 16.5. The predicted octanol–water partition coefficient (Wildman–Crippen LogP) is 3.59. The van der Waals surface area contributed by atoms with E-state index in [-0.39, 0.29) is 12.6 Å². The zero-order valence-corrected chi connectivity index (χ0v) is 20.6. The third kappa shape index (κ3) is 5.62. The standard InChI is InChI=1S/C26H37N5O3/c1-4-20-7-8-31(18-20)26(33)27-22-6-5-19(2)23(17-22)21-15-24(29(3)9-12-32)28-25(16-21)30-10-13-34-14-11-30/h5-6,15-17,20,32H,4,7-14,18H2,1-3H3,(H,27,33)/t20-/m1/s1. The average Bonchev–Trinajstić information content (AvgIpc) is 3.35. The second kappa shape index (κ2) is 11.1. The number of carbonyl (C=O) groups is 1. The van der Waals surface area contributed by atoms with Crippen LogP contribution in [-0.2, 0) is 4.74 Å². The normalized spacial score (nSPS) is 18.3. The summed E-state index contributed by atoms with van der Waals surface area (Å²) < 4.78 is 5.52. The van der Waals surface area contributed by atoms with Crippen molar-refractivity contribution < 1.29 is 14.6 Å². The molecule has 0 unspecified atom stereocenters. The lowest BCUT2D eigenvalue weighted by Crippen LogP contribution is -2.37. The third-order valence-corrected chi connectivity index (χ3v) is 6.91. The van der Waals surface area contributed by atoms with Crippen LogP contribution >= 0.6 is 0 Å². The highest BCUT2D eigenvalue weighted by Crippen LogP contribution is 2.32. The van der Waals surface area contributed by atoms with Crippen molar-refractivity contribution in [1.29, 1.82) is 0 Å². The van der Waals surface area contributed by atoms with Gasteiger partial charge in [-0.1, -0.05) is 19.4 Å². The highest BCUT2D eigenvalue weighted by atomic mass is 16.5. The van der Waals surface area contributed by atoms with Crippen molar-refractivity contribution in [3.8, 4) is 11.1 Å². The molecule has 2 aromatic rings. The second-order valence-electron chi connectivity index (χ2n) is 9.29. The number of carbonyl (C=O) groups excluding carboxylic acids is 1. The van der Waals surface area contributed by atoms with Crippen LogP contribution in [0, 0.1) is 12.8 Å². The van der Waals surface area contributed by atoms with Gasteiger partial charge in [-0.2, -0.15) is 0 Å². The molecule has 2 saturated heterocycles. The number of benzene rings is 1. The number of urea groups is 1. The fourth-order valence-corrected chi connectivity index (χ4v) is 4.64. The summed E-state index contributed by atoms with van der Waals surface area (Å²) in [5.74, 6) is 2.31. The molecule has 0 spiro atoms. The molecule has 8 nitrogen and oxygen atoms in total. The number of nitrogens with one attached hydrogen (secondary N) is 1. The van der Waals surface area contributed by atoms with Crippen LogP contribution in [0.15, 0.2) is 30.3 Å². The lowest BCUT2D eigenvalue weighted by atomic mass is 10.00. The van der Waals surface area contributed by atoms with E-state index in [2.05, 4.69) is 48.3 Å². The molecule has 34 heavy (non-hydrogen) atoms. The van der Waals surface area contributed by atoms with Gasteiger partial charge < -0.3 is 29.9 Å². The van der Waals surface area contributed by atoms with E-state index >= 15 is 0 Å². The Morgan fingerprint density at radius 3 is 2.74 bits per heavy atom. The zero-order valence-electron chi connectivity index (χ0n) is 20.6. The smallest absolute Gasteiger partial charge is 0.321 e. The highest BCUT2D eigenvalue weighted by molar-refractivity contribution is 5.91. The lowest BCUT2D eigenvalue weighted by molar-refractivity contribution is 0.122. The number of hydrogen-bond donors (Lipinski definition) is 2. The maximum absolute atomic E-state index is 12.8. The van der Waals surface area contributed by atoms with E-state index in [0.717, 1.165) is 73.0 Å². The summed E-state index contributed by atoms with van der Waals surface area (Å²) >= 11 is 0. The van der Waals surface area contributed by atoms with E-state index in [0.29, 0.717) is 25.7 Å². The van der Waals surface area contributed by atoms with Gasteiger partial charge in [0.2, 0.25) is 0 Å². The molecule has 1 aromatic carbocycles. The highest BCUT2D eigenvalue weighted by Gasteiger charge is 2.25. The fraction of sp³-hybridized carbons (Fsp3) is 0.538. The average molecular weight is 468 g/mol. The van der Waals surface area contributed by atoms with Gasteiger partial charge in [0, 0.05) is 45.5 Å². The van der Waals surface area contributed by atoms with E-state index < -0.39 is 0 Å². The molecular weight excluding hydrogens is 430 g/mol. The van der Waals surface area contributed by atoms with E-state index in [1.807, 2.05) is 22.9 Å². The van der Waals surface area contributed by atoms with Gasteiger partial charge in [0.05, 0.1) is 19.8 Å². The minimum absolute atomic E-state index is 0.0298. The summed E-state index contributed by atoms with van der Waals surface area (Å²) in [6.07, 6.45) is 2.19. The van der Waals surface area contributed by atoms with Gasteiger partial charge in [-0.25, -0.2) is 9.78 Å². The largest absolute Gasteiger partial charge is 0.395 e. The first kappa shape index (κ1) is 24.3. The summed E-state index contributed by atoms with van der Waals surface area (Å²) in [5, 5.41) is 12.6. The Balaban J connectivity index is 1.63. The quantitative estimate of drug-likeness (QED) is 0.648. The van der Waals surface area contributed by atoms with Gasteiger partial charge in [-0.15, -0.1) is 0 Å². The van der Waals surface area contributed by atoms with Crippen LogP contribution in [0.4, 0.5) is 22.1 Å². The molecule has 4 rings (SSSR count). The van der Waals surface area contributed by atoms with Crippen LogP contribution in [0.1, 0.15) is 25.3 Å². The number of aryl methyl sites for hydroxylation is 1. The number of aliphatic hydroxyl groups is 1. The SMILES string of the molecule is CC[C@@H]1CCN(C(=O)Nc2ccc(C)c(-c3cc(N(C)CCO)nc(N4CCOCC4)c3)c2)C1. The maximum atomic E-state index is 12.8. The van der Waals surface area contributed by atoms with Crippen molar-refractivity contribution in [3.63, 3.8) is 0 Å². The van der Waals surface area contributed by atoms with E-state index in [1.165, 1.54) is 0 Å². The molecule has 184 valence electrons. The molecule has 2 N–H and O–H groups in total. The summed E-state index contributed by atoms with van der Waals surface area (Å²) in [7, 11) is 1.94. The topological polar surface area (TPSA) is 81.2 Å². The lowest BCUT2D eigenvalue weighted by Gasteiger charge is -2.29. The van der Waals surface area contributed by atoms with Crippen molar-refractivity contribution in [2.24, 2.45) is 5.92 Å². The molecule has 0 saturated carbocycles. The van der Waals surface area contributed by atoms with Gasteiger partial charge in [-0.3, -0.25) is 0 Å². The van der Waals surface area contributed by atoms with Crippen molar-refractivity contribution in [1.82, 2.24) is 9.88 Å². The van der Waals surface area contributed by atoms with Gasteiger partial charge in [0.1, 0.15) is 11.6 Å². The molecule has 8 heteroatoms. The number of nitrogens with zero attached hydrogens (tertiary/aromatic N) is 4. The number of pyridine rings is 1. The van der Waals surface area contributed by atoms with Gasteiger partial charge >= 0.3 is 6.03 Å². The molecule has 1 atom stereocenters. The van der Waals surface area contributed by atoms with E-state index in [4.69, 9.17) is 9.72 Å². The number of amides is 2. The third-order valence-electron chi connectivity index (χ3n) is 6.91. The Morgan fingerprint density at radius 2 is 2.03 bits per heavy atom. The molecule has 0 bridgehead atoms. The Labute approximate surface area is 202 Å². The van der Waals surface area contributed by atoms with Crippen LogP contribution < -0.4 is 15.1 Å². The summed E-state index contributed by atoms with van der Waals surface area (Å²) in [6.45, 7) is 9.43. The van der Waals surface area contributed by atoms with Crippen LogP contribution in [0.5, 0.6) is 0 Å². The first-order valence-electron chi connectivity index (χ1n) is 12.3. The number of aromatic nitrogens is 1. The van der Waals surface area contributed by atoms with Gasteiger partial charge in [0.25, 0.3) is 0 Å². The molecule has 2 aliphatic heterocycles.